The van der Waals surface area contributed by atoms with Crippen LogP contribution in [0.4, 0.5) is 17.1 Å². The van der Waals surface area contributed by atoms with Crippen molar-refractivity contribution in [3.63, 3.8) is 0 Å². The number of rotatable bonds is 10. The van der Waals surface area contributed by atoms with Crippen LogP contribution >= 0.6 is 15.9 Å². The first-order valence-electron chi connectivity index (χ1n) is 14.6. The molecule has 0 aliphatic carbocycles. The summed E-state index contributed by atoms with van der Waals surface area (Å²) in [5.74, 6) is -0.289. The molecule has 0 atom stereocenters. The molecule has 10 heteroatoms. The van der Waals surface area contributed by atoms with Crippen molar-refractivity contribution in [3.05, 3.63) is 64.9 Å². The molecule has 0 saturated carbocycles. The number of piperazine rings is 1. The monoisotopic (exact) mass is 636 g/mol. The summed E-state index contributed by atoms with van der Waals surface area (Å²) in [7, 11) is 0. The van der Waals surface area contributed by atoms with Gasteiger partial charge < -0.3 is 25.3 Å². The van der Waals surface area contributed by atoms with E-state index in [1.165, 1.54) is 11.3 Å². The zero-order chi connectivity index (χ0) is 30.2. The summed E-state index contributed by atoms with van der Waals surface area (Å²) in [5, 5.41) is 6.02. The molecule has 224 valence electrons. The van der Waals surface area contributed by atoms with E-state index in [4.69, 9.17) is 0 Å². The molecule has 42 heavy (non-hydrogen) atoms. The third kappa shape index (κ3) is 8.00. The summed E-state index contributed by atoms with van der Waals surface area (Å²) >= 11 is 3.33. The van der Waals surface area contributed by atoms with Crippen molar-refractivity contribution in [2.24, 2.45) is 4.99 Å². The minimum Gasteiger partial charge on any atom is -0.368 e. The molecule has 2 aliphatic heterocycles. The van der Waals surface area contributed by atoms with Crippen LogP contribution in [0.5, 0.6) is 0 Å². The SMILES string of the molecule is CC(Br)=N/C(C)=C(\C)C(=O)Nc1cc(C(=O)NCCCN2CCCC2=O)ccc1N1CCN(c2ccccc2C)CC1. The van der Waals surface area contributed by atoms with Gasteiger partial charge in [-0.1, -0.05) is 18.2 Å². The van der Waals surface area contributed by atoms with E-state index in [0.29, 0.717) is 53.1 Å². The Hall–Kier alpha value is -3.66. The molecule has 2 saturated heterocycles. The lowest BCUT2D eigenvalue weighted by Crippen LogP contribution is -2.47. The second-order valence-electron chi connectivity index (χ2n) is 10.9. The number of carbonyl (C=O) groups excluding carboxylic acids is 3. The molecular weight excluding hydrogens is 596 g/mol. The number of hydrogen-bond donors (Lipinski definition) is 2. The van der Waals surface area contributed by atoms with Gasteiger partial charge in [-0.25, -0.2) is 0 Å². The van der Waals surface area contributed by atoms with E-state index in [0.717, 1.165) is 44.8 Å². The number of anilines is 3. The number of hydrogen-bond acceptors (Lipinski definition) is 6. The summed E-state index contributed by atoms with van der Waals surface area (Å²) < 4.78 is 0.687. The highest BCUT2D eigenvalue weighted by Gasteiger charge is 2.23. The largest absolute Gasteiger partial charge is 0.368 e. The summed E-state index contributed by atoms with van der Waals surface area (Å²) in [6.07, 6.45) is 2.22. The van der Waals surface area contributed by atoms with E-state index in [2.05, 4.69) is 72.5 Å². The van der Waals surface area contributed by atoms with E-state index < -0.39 is 0 Å². The predicted molar refractivity (Wildman–Crippen MR) is 174 cm³/mol. The third-order valence-electron chi connectivity index (χ3n) is 7.85. The molecule has 0 aromatic heterocycles. The number of likely N-dealkylation sites (tertiary alicyclic amines) is 1. The summed E-state index contributed by atoms with van der Waals surface area (Å²) in [5.41, 5.74) is 5.54. The standard InChI is InChI=1S/C32H41BrN6O3/c1-22-9-5-6-10-28(22)37-17-19-38(20-18-37)29-13-12-26(32(42)34-14-8-16-39-15-7-11-30(39)40)21-27(29)36-31(41)23(2)24(3)35-25(4)33/h5-6,9-10,12-13,21H,7-8,11,14-20H2,1-4H3,(H,34,42)(H,36,41)/b24-23+,35-25?. The second kappa shape index (κ2) is 14.5. The average molecular weight is 638 g/mol. The van der Waals surface area contributed by atoms with Crippen LogP contribution in [0.2, 0.25) is 0 Å². The van der Waals surface area contributed by atoms with Gasteiger partial charge in [0.15, 0.2) is 0 Å². The number of amides is 3. The molecule has 2 N–H and O–H groups in total. The Kier molecular flexibility index (Phi) is 10.8. The van der Waals surface area contributed by atoms with Crippen LogP contribution in [0.1, 0.15) is 56.0 Å². The maximum Gasteiger partial charge on any atom is 0.253 e. The maximum absolute atomic E-state index is 13.3. The minimum absolute atomic E-state index is 0.189. The molecule has 4 rings (SSSR count). The number of aliphatic imine (C=N–C) groups is 1. The molecule has 3 amide bonds. The van der Waals surface area contributed by atoms with Crippen LogP contribution in [0.3, 0.4) is 0 Å². The van der Waals surface area contributed by atoms with E-state index in [-0.39, 0.29) is 17.7 Å². The smallest absolute Gasteiger partial charge is 0.253 e. The predicted octanol–water partition coefficient (Wildman–Crippen LogP) is 5.11. The number of halogens is 1. The topological polar surface area (TPSA) is 97.3 Å². The van der Waals surface area contributed by atoms with Gasteiger partial charge in [-0.3, -0.25) is 19.4 Å². The van der Waals surface area contributed by atoms with Gasteiger partial charge in [0.05, 0.1) is 16.0 Å². The van der Waals surface area contributed by atoms with Gasteiger partial charge >= 0.3 is 0 Å². The number of nitrogens with zero attached hydrogens (tertiary/aromatic N) is 4. The zero-order valence-electron chi connectivity index (χ0n) is 25.0. The Morgan fingerprint density at radius 1 is 0.952 bits per heavy atom. The molecule has 9 nitrogen and oxygen atoms in total. The van der Waals surface area contributed by atoms with Gasteiger partial charge in [-0.15, -0.1) is 0 Å². The summed E-state index contributed by atoms with van der Waals surface area (Å²) in [6.45, 7) is 12.6. The van der Waals surface area contributed by atoms with Crippen molar-refractivity contribution >= 4 is 55.3 Å². The summed E-state index contributed by atoms with van der Waals surface area (Å²) in [4.78, 5) is 49.1. The van der Waals surface area contributed by atoms with Gasteiger partial charge in [0, 0.05) is 74.8 Å². The van der Waals surface area contributed by atoms with Crippen molar-refractivity contribution in [2.45, 2.75) is 47.0 Å². The van der Waals surface area contributed by atoms with Crippen LogP contribution in [0.15, 0.2) is 58.7 Å². The highest BCUT2D eigenvalue weighted by molar-refractivity contribution is 9.18. The van der Waals surface area contributed by atoms with Gasteiger partial charge in [0.25, 0.3) is 11.8 Å². The first-order chi connectivity index (χ1) is 20.1. The first kappa shape index (κ1) is 31.3. The lowest BCUT2D eigenvalue weighted by atomic mass is 10.1. The number of carbonyl (C=O) groups is 3. The Morgan fingerprint density at radius 3 is 2.29 bits per heavy atom. The van der Waals surface area contributed by atoms with Gasteiger partial charge in [0.1, 0.15) is 0 Å². The molecule has 2 fully saturated rings. The first-order valence-corrected chi connectivity index (χ1v) is 15.4. The fourth-order valence-corrected chi connectivity index (χ4v) is 5.64. The number of nitrogens with one attached hydrogen (secondary N) is 2. The van der Waals surface area contributed by atoms with Gasteiger partial charge in [-0.2, -0.15) is 0 Å². The molecule has 0 spiro atoms. The molecule has 0 unspecified atom stereocenters. The van der Waals surface area contributed by atoms with E-state index in [1.807, 2.05) is 24.0 Å². The molecule has 0 radical (unpaired) electrons. The Morgan fingerprint density at radius 2 is 1.64 bits per heavy atom. The van der Waals surface area contributed by atoms with Crippen LogP contribution < -0.4 is 20.4 Å². The van der Waals surface area contributed by atoms with Crippen molar-refractivity contribution < 1.29 is 14.4 Å². The van der Waals surface area contributed by atoms with Crippen LogP contribution in [0, 0.1) is 6.92 Å². The fourth-order valence-electron chi connectivity index (χ4n) is 5.37. The molecule has 0 bridgehead atoms. The lowest BCUT2D eigenvalue weighted by molar-refractivity contribution is -0.127. The molecule has 2 aromatic carbocycles. The second-order valence-corrected chi connectivity index (χ2v) is 12.0. The minimum atomic E-state index is -0.266. The van der Waals surface area contributed by atoms with Gasteiger partial charge in [0.2, 0.25) is 5.91 Å². The fraction of sp³-hybridized carbons (Fsp3) is 0.438. The van der Waals surface area contributed by atoms with Crippen LogP contribution in [-0.2, 0) is 9.59 Å². The molecule has 2 aromatic rings. The van der Waals surface area contributed by atoms with Gasteiger partial charge in [-0.05, 0) is 86.3 Å². The highest BCUT2D eigenvalue weighted by atomic mass is 79.9. The molecule has 2 aliphatic rings. The summed E-state index contributed by atoms with van der Waals surface area (Å²) in [6, 6.07) is 13.9. The normalized spacial score (nSPS) is 16.5. The zero-order valence-corrected chi connectivity index (χ0v) is 26.6. The number of allylic oxidation sites excluding steroid dienone is 1. The average Bonchev–Trinajstić information content (AvgIpc) is 3.39. The Balaban J connectivity index is 1.49. The molecular formula is C32H41BrN6O3. The Labute approximate surface area is 257 Å². The van der Waals surface area contributed by atoms with Crippen molar-refractivity contribution in [2.75, 3.05) is 60.9 Å². The number of benzene rings is 2. The van der Waals surface area contributed by atoms with E-state index in [1.54, 1.807) is 19.9 Å². The lowest BCUT2D eigenvalue weighted by Gasteiger charge is -2.38. The van der Waals surface area contributed by atoms with Crippen LogP contribution in [-0.4, -0.2) is 73.1 Å². The maximum atomic E-state index is 13.3. The van der Waals surface area contributed by atoms with Crippen molar-refractivity contribution in [1.82, 2.24) is 10.2 Å². The van der Waals surface area contributed by atoms with Crippen molar-refractivity contribution in [1.29, 1.82) is 0 Å². The third-order valence-corrected chi connectivity index (χ3v) is 8.03. The Bertz CT molecular complexity index is 1380. The van der Waals surface area contributed by atoms with Crippen molar-refractivity contribution in [3.8, 4) is 0 Å². The number of aryl methyl sites for hydroxylation is 1. The highest BCUT2D eigenvalue weighted by Crippen LogP contribution is 2.30. The molecule has 2 heterocycles. The quantitative estimate of drug-likeness (QED) is 0.215. The van der Waals surface area contributed by atoms with E-state index >= 15 is 0 Å². The van der Waals surface area contributed by atoms with E-state index in [9.17, 15) is 14.4 Å². The number of para-hydroxylation sites is 1. The van der Waals surface area contributed by atoms with Crippen LogP contribution in [0.25, 0.3) is 0 Å².